The zero-order valence-corrected chi connectivity index (χ0v) is 13.5. The van der Waals surface area contributed by atoms with Crippen molar-refractivity contribution in [2.45, 2.75) is 25.1 Å². The summed E-state index contributed by atoms with van der Waals surface area (Å²) in [6.07, 6.45) is -2.19. The molecule has 3 nitrogen and oxygen atoms in total. The second-order valence-electron chi connectivity index (χ2n) is 6.33. The Kier molecular flexibility index (Phi) is 4.81. The van der Waals surface area contributed by atoms with Gasteiger partial charge in [-0.05, 0) is 48.1 Å². The lowest BCUT2D eigenvalue weighted by Gasteiger charge is -2.14. The highest BCUT2D eigenvalue weighted by Crippen LogP contribution is 2.32. The van der Waals surface area contributed by atoms with E-state index in [0.29, 0.717) is 29.2 Å². The molecule has 1 saturated carbocycles. The van der Waals surface area contributed by atoms with Gasteiger partial charge in [-0.15, -0.1) is 0 Å². The molecule has 1 aliphatic carbocycles. The van der Waals surface area contributed by atoms with Gasteiger partial charge in [0.05, 0.1) is 5.56 Å². The molecule has 0 radical (unpaired) electrons. The summed E-state index contributed by atoms with van der Waals surface area (Å²) >= 11 is 0. The molecule has 25 heavy (non-hydrogen) atoms. The van der Waals surface area contributed by atoms with E-state index >= 15 is 0 Å². The third-order valence-electron chi connectivity index (χ3n) is 4.42. The van der Waals surface area contributed by atoms with Gasteiger partial charge in [0, 0.05) is 18.2 Å². The largest absolute Gasteiger partial charge is 0.416 e. The highest BCUT2D eigenvalue weighted by atomic mass is 19.4. The summed E-state index contributed by atoms with van der Waals surface area (Å²) < 4.78 is 38.1. The SMILES string of the molecule is NC(CNC(=O)c1ccccc1-c1ccc(C(F)(F)F)cc1)C1CC1. The minimum Gasteiger partial charge on any atom is -0.350 e. The fourth-order valence-corrected chi connectivity index (χ4v) is 2.77. The van der Waals surface area contributed by atoms with Gasteiger partial charge in [0.2, 0.25) is 0 Å². The molecule has 6 heteroatoms. The summed E-state index contributed by atoms with van der Waals surface area (Å²) in [5.41, 5.74) is 6.85. The molecule has 2 aromatic rings. The molecule has 1 amide bonds. The molecule has 0 aliphatic heterocycles. The van der Waals surface area contributed by atoms with Crippen molar-refractivity contribution in [3.63, 3.8) is 0 Å². The maximum absolute atomic E-state index is 12.7. The van der Waals surface area contributed by atoms with Gasteiger partial charge >= 0.3 is 6.18 Å². The van der Waals surface area contributed by atoms with Gasteiger partial charge in [0.1, 0.15) is 0 Å². The minimum absolute atomic E-state index is 0.0535. The average Bonchev–Trinajstić information content (AvgIpc) is 3.44. The Morgan fingerprint density at radius 3 is 2.36 bits per heavy atom. The number of hydrogen-bond donors (Lipinski definition) is 2. The Hall–Kier alpha value is -2.34. The van der Waals surface area contributed by atoms with Gasteiger partial charge in [-0.3, -0.25) is 4.79 Å². The second-order valence-corrected chi connectivity index (χ2v) is 6.33. The number of alkyl halides is 3. The first kappa shape index (κ1) is 17.5. The molecule has 1 fully saturated rings. The Morgan fingerprint density at radius 1 is 1.12 bits per heavy atom. The van der Waals surface area contributed by atoms with Crippen molar-refractivity contribution >= 4 is 5.91 Å². The van der Waals surface area contributed by atoms with E-state index < -0.39 is 11.7 Å². The van der Waals surface area contributed by atoms with E-state index in [1.54, 1.807) is 24.3 Å². The Morgan fingerprint density at radius 2 is 1.76 bits per heavy atom. The summed E-state index contributed by atoms with van der Waals surface area (Å²) in [6, 6.07) is 11.6. The molecule has 1 atom stereocenters. The molecule has 0 saturated heterocycles. The van der Waals surface area contributed by atoms with Gasteiger partial charge < -0.3 is 11.1 Å². The molecule has 3 rings (SSSR count). The van der Waals surface area contributed by atoms with Crippen LogP contribution < -0.4 is 11.1 Å². The van der Waals surface area contributed by atoms with Gasteiger partial charge in [-0.2, -0.15) is 13.2 Å². The number of amides is 1. The first-order valence-electron chi connectivity index (χ1n) is 8.16. The number of benzene rings is 2. The van der Waals surface area contributed by atoms with Gasteiger partial charge in [-0.25, -0.2) is 0 Å². The molecular formula is C19H19F3N2O. The predicted molar refractivity (Wildman–Crippen MR) is 89.9 cm³/mol. The maximum Gasteiger partial charge on any atom is 0.416 e. The Labute approximate surface area is 144 Å². The van der Waals surface area contributed by atoms with Crippen LogP contribution in [0.25, 0.3) is 11.1 Å². The van der Waals surface area contributed by atoms with Crippen LogP contribution in [0.4, 0.5) is 13.2 Å². The van der Waals surface area contributed by atoms with Crippen LogP contribution in [0.2, 0.25) is 0 Å². The van der Waals surface area contributed by atoms with Crippen LogP contribution in [0, 0.1) is 5.92 Å². The lowest BCUT2D eigenvalue weighted by atomic mass is 9.98. The molecular weight excluding hydrogens is 329 g/mol. The number of nitrogens with two attached hydrogens (primary N) is 1. The van der Waals surface area contributed by atoms with E-state index in [0.717, 1.165) is 25.0 Å². The summed E-state index contributed by atoms with van der Waals surface area (Å²) in [7, 11) is 0. The topological polar surface area (TPSA) is 55.1 Å². The molecule has 0 spiro atoms. The highest BCUT2D eigenvalue weighted by Gasteiger charge is 2.30. The van der Waals surface area contributed by atoms with Crippen molar-refractivity contribution in [2.75, 3.05) is 6.54 Å². The number of carbonyl (C=O) groups excluding carboxylic acids is 1. The van der Waals surface area contributed by atoms with Crippen LogP contribution in [-0.2, 0) is 6.18 Å². The van der Waals surface area contributed by atoms with E-state index in [9.17, 15) is 18.0 Å². The minimum atomic E-state index is -4.38. The molecule has 1 unspecified atom stereocenters. The van der Waals surface area contributed by atoms with Crippen molar-refractivity contribution in [1.82, 2.24) is 5.32 Å². The van der Waals surface area contributed by atoms with Crippen LogP contribution in [0.1, 0.15) is 28.8 Å². The van der Waals surface area contributed by atoms with Crippen molar-refractivity contribution in [3.05, 3.63) is 59.7 Å². The first-order valence-corrected chi connectivity index (χ1v) is 8.16. The van der Waals surface area contributed by atoms with E-state index in [1.807, 2.05) is 0 Å². The number of nitrogens with one attached hydrogen (secondary N) is 1. The third-order valence-corrected chi connectivity index (χ3v) is 4.42. The molecule has 132 valence electrons. The number of rotatable bonds is 5. The van der Waals surface area contributed by atoms with Gasteiger partial charge in [-0.1, -0.05) is 30.3 Å². The van der Waals surface area contributed by atoms with E-state index in [4.69, 9.17) is 5.73 Å². The van der Waals surface area contributed by atoms with Crippen molar-refractivity contribution < 1.29 is 18.0 Å². The quantitative estimate of drug-likeness (QED) is 0.863. The van der Waals surface area contributed by atoms with E-state index in [-0.39, 0.29) is 11.9 Å². The normalized spacial score (nSPS) is 15.7. The van der Waals surface area contributed by atoms with E-state index in [1.165, 1.54) is 12.1 Å². The fourth-order valence-electron chi connectivity index (χ4n) is 2.77. The van der Waals surface area contributed by atoms with Crippen LogP contribution in [0.15, 0.2) is 48.5 Å². The van der Waals surface area contributed by atoms with E-state index in [2.05, 4.69) is 5.32 Å². The fraction of sp³-hybridized carbons (Fsp3) is 0.316. The number of carbonyl (C=O) groups is 1. The average molecular weight is 348 g/mol. The smallest absolute Gasteiger partial charge is 0.350 e. The highest BCUT2D eigenvalue weighted by molar-refractivity contribution is 6.00. The first-order chi connectivity index (χ1) is 11.9. The zero-order chi connectivity index (χ0) is 18.0. The summed E-state index contributed by atoms with van der Waals surface area (Å²) in [6.45, 7) is 0.394. The van der Waals surface area contributed by atoms with Crippen LogP contribution in [0.3, 0.4) is 0 Å². The molecule has 1 aliphatic rings. The Bertz CT molecular complexity index is 752. The predicted octanol–water partition coefficient (Wildman–Crippen LogP) is 3.84. The third kappa shape index (κ3) is 4.20. The lowest BCUT2D eigenvalue weighted by Crippen LogP contribution is -2.38. The second kappa shape index (κ2) is 6.88. The molecule has 0 heterocycles. The molecule has 0 bridgehead atoms. The Balaban J connectivity index is 1.79. The zero-order valence-electron chi connectivity index (χ0n) is 13.5. The van der Waals surface area contributed by atoms with Crippen LogP contribution in [-0.4, -0.2) is 18.5 Å². The number of halogens is 3. The van der Waals surface area contributed by atoms with Crippen LogP contribution >= 0.6 is 0 Å². The van der Waals surface area contributed by atoms with Crippen molar-refractivity contribution in [3.8, 4) is 11.1 Å². The van der Waals surface area contributed by atoms with Crippen molar-refractivity contribution in [1.29, 1.82) is 0 Å². The van der Waals surface area contributed by atoms with Gasteiger partial charge in [0.25, 0.3) is 5.91 Å². The molecule has 3 N–H and O–H groups in total. The van der Waals surface area contributed by atoms with Gasteiger partial charge in [0.15, 0.2) is 0 Å². The van der Waals surface area contributed by atoms with Crippen molar-refractivity contribution in [2.24, 2.45) is 11.7 Å². The standard InChI is InChI=1S/C19H19F3N2O/c20-19(21,22)14-9-7-12(8-10-14)15-3-1-2-4-16(15)18(25)24-11-17(23)13-5-6-13/h1-4,7-10,13,17H,5-6,11,23H2,(H,24,25). The monoisotopic (exact) mass is 348 g/mol. The number of hydrogen-bond acceptors (Lipinski definition) is 2. The summed E-state index contributed by atoms with van der Waals surface area (Å²) in [4.78, 5) is 12.5. The summed E-state index contributed by atoms with van der Waals surface area (Å²) in [5, 5.41) is 2.82. The molecule has 0 aromatic heterocycles. The summed E-state index contributed by atoms with van der Waals surface area (Å²) in [5.74, 6) is 0.206. The lowest BCUT2D eigenvalue weighted by molar-refractivity contribution is -0.137. The maximum atomic E-state index is 12.7. The van der Waals surface area contributed by atoms with Crippen LogP contribution in [0.5, 0.6) is 0 Å². The molecule has 2 aromatic carbocycles.